The second-order valence-corrected chi connectivity index (χ2v) is 15.7. The molecular formula is C39H51N5O4S. The van der Waals surface area contributed by atoms with Crippen molar-refractivity contribution in [1.82, 2.24) is 20.0 Å². The molecule has 9 nitrogen and oxygen atoms in total. The van der Waals surface area contributed by atoms with Crippen LogP contribution in [0.5, 0.6) is 0 Å². The second-order valence-electron chi connectivity index (χ2n) is 14.8. The van der Waals surface area contributed by atoms with Crippen LogP contribution in [0.1, 0.15) is 45.1 Å². The number of fused-ring (bicyclic) bond motifs is 1. The van der Waals surface area contributed by atoms with E-state index < -0.39 is 29.6 Å². The van der Waals surface area contributed by atoms with Gasteiger partial charge in [-0.25, -0.2) is 0 Å². The van der Waals surface area contributed by atoms with E-state index in [2.05, 4.69) is 64.6 Å². The summed E-state index contributed by atoms with van der Waals surface area (Å²) in [7, 11) is 0. The van der Waals surface area contributed by atoms with Crippen LogP contribution in [-0.4, -0.2) is 102 Å². The molecule has 8 atom stereocenters. The number of ether oxygens (including phenoxy) is 1. The maximum absolute atomic E-state index is 14.5. The fourth-order valence-electron chi connectivity index (χ4n) is 8.96. The molecule has 5 aliphatic rings. The minimum Gasteiger partial charge on any atom is -0.359 e. The number of benzene rings is 2. The van der Waals surface area contributed by atoms with Gasteiger partial charge in [0.15, 0.2) is 0 Å². The number of piperazine rings is 1. The third kappa shape index (κ3) is 6.81. The average molecular weight is 686 g/mol. The number of likely N-dealkylation sites (tertiary alicyclic amines) is 1. The van der Waals surface area contributed by atoms with Crippen molar-refractivity contribution in [1.29, 1.82) is 0 Å². The van der Waals surface area contributed by atoms with Gasteiger partial charge in [0.05, 0.1) is 17.9 Å². The lowest BCUT2D eigenvalue weighted by molar-refractivity contribution is -0.141. The highest BCUT2D eigenvalue weighted by atomic mass is 32.2. The summed E-state index contributed by atoms with van der Waals surface area (Å²) in [6.45, 7) is 10.7. The molecule has 2 aromatic rings. The highest BCUT2D eigenvalue weighted by Crippen LogP contribution is 2.55. The smallest absolute Gasteiger partial charge is 0.246 e. The maximum Gasteiger partial charge on any atom is 0.246 e. The standard InChI is InChI=1S/C39H51N5O4S/c1-26-10-7-15-31(27(26)2)41-37(46)35-39-17-16-32(48-39)33(36(45)40-29-13-8-14-30(24-29)49-3)34(39)38(47)44(35)19-9-18-42-20-22-43(23-21-42)25-28-11-5-4-6-12-28/h4-6,8,11-14,16-17,24,26-27,31-35H,7,9-10,15,18-23,25H2,1-3H3,(H,40,45)(H,41,46)/t26?,27?,31?,32-,33?,34-,35?,39?/m0/s1. The fourth-order valence-corrected chi connectivity index (χ4v) is 9.42. The molecule has 10 heteroatoms. The SMILES string of the molecule is CSc1cccc(NC(=O)C2[C@@H]3C=CC4(O3)C(C(=O)NC3CCCC(C)C3C)N(CCCN3CCN(Cc5ccccc5)CC3)C(=O)[C@H]24)c1. The summed E-state index contributed by atoms with van der Waals surface area (Å²) in [5, 5.41) is 6.44. The quantitative estimate of drug-likeness (QED) is 0.263. The van der Waals surface area contributed by atoms with Crippen molar-refractivity contribution in [2.45, 2.75) is 74.8 Å². The molecular weight excluding hydrogens is 635 g/mol. The molecule has 2 bridgehead atoms. The first-order valence-electron chi connectivity index (χ1n) is 18.2. The Hall–Kier alpha value is -3.18. The summed E-state index contributed by atoms with van der Waals surface area (Å²) in [5.74, 6) is -1.12. The fraction of sp³-hybridized carbons (Fsp3) is 0.564. The summed E-state index contributed by atoms with van der Waals surface area (Å²) >= 11 is 1.61. The van der Waals surface area contributed by atoms with E-state index >= 15 is 0 Å². The minimum atomic E-state index is -1.15. The number of carbonyl (C=O) groups is 3. The monoisotopic (exact) mass is 685 g/mol. The largest absolute Gasteiger partial charge is 0.359 e. The van der Waals surface area contributed by atoms with E-state index in [0.29, 0.717) is 24.1 Å². The van der Waals surface area contributed by atoms with Crippen molar-refractivity contribution in [3.8, 4) is 0 Å². The zero-order valence-electron chi connectivity index (χ0n) is 29.1. The normalized spacial score (nSPS) is 32.8. The van der Waals surface area contributed by atoms with Crippen LogP contribution < -0.4 is 10.6 Å². The Bertz CT molecular complexity index is 1550. The predicted octanol–water partition coefficient (Wildman–Crippen LogP) is 4.65. The van der Waals surface area contributed by atoms with Gasteiger partial charge in [-0.05, 0) is 61.2 Å². The van der Waals surface area contributed by atoms with E-state index in [9.17, 15) is 14.4 Å². The van der Waals surface area contributed by atoms with Gasteiger partial charge in [0.25, 0.3) is 0 Å². The third-order valence-electron chi connectivity index (χ3n) is 11.9. The molecule has 0 aromatic heterocycles. The van der Waals surface area contributed by atoms with Gasteiger partial charge in [-0.3, -0.25) is 19.3 Å². The van der Waals surface area contributed by atoms with Crippen molar-refractivity contribution in [3.05, 3.63) is 72.3 Å². The van der Waals surface area contributed by atoms with Gasteiger partial charge in [-0.2, -0.15) is 0 Å². The van der Waals surface area contributed by atoms with E-state index in [4.69, 9.17) is 4.74 Å². The Labute approximate surface area is 295 Å². The Morgan fingerprint density at radius 3 is 2.51 bits per heavy atom. The number of thioether (sulfide) groups is 1. The minimum absolute atomic E-state index is 0.0567. The summed E-state index contributed by atoms with van der Waals surface area (Å²) in [6.07, 6.45) is 9.20. The molecule has 4 heterocycles. The molecule has 0 radical (unpaired) electrons. The molecule has 262 valence electrons. The number of hydrogen-bond donors (Lipinski definition) is 2. The van der Waals surface area contributed by atoms with Crippen LogP contribution in [0.25, 0.3) is 0 Å². The Morgan fingerprint density at radius 2 is 1.73 bits per heavy atom. The summed E-state index contributed by atoms with van der Waals surface area (Å²) in [6, 6.07) is 17.6. The van der Waals surface area contributed by atoms with Crippen LogP contribution in [0.3, 0.4) is 0 Å². The van der Waals surface area contributed by atoms with Crippen LogP contribution in [0.4, 0.5) is 5.69 Å². The number of nitrogens with one attached hydrogen (secondary N) is 2. The summed E-state index contributed by atoms with van der Waals surface area (Å²) in [4.78, 5) is 50.6. The zero-order chi connectivity index (χ0) is 34.1. The van der Waals surface area contributed by atoms with E-state index in [1.807, 2.05) is 42.7 Å². The van der Waals surface area contributed by atoms with Crippen LogP contribution in [0.2, 0.25) is 0 Å². The molecule has 1 saturated carbocycles. The molecule has 3 amide bonds. The molecule has 4 fully saturated rings. The lowest BCUT2D eigenvalue weighted by atomic mass is 9.73. The third-order valence-corrected chi connectivity index (χ3v) is 12.6. The predicted molar refractivity (Wildman–Crippen MR) is 193 cm³/mol. The first-order chi connectivity index (χ1) is 23.8. The molecule has 3 saturated heterocycles. The van der Waals surface area contributed by atoms with Gasteiger partial charge in [0.2, 0.25) is 17.7 Å². The van der Waals surface area contributed by atoms with E-state index in [1.54, 1.807) is 16.7 Å². The lowest BCUT2D eigenvalue weighted by Crippen LogP contribution is -2.58. The van der Waals surface area contributed by atoms with Gasteiger partial charge >= 0.3 is 0 Å². The van der Waals surface area contributed by atoms with Crippen LogP contribution >= 0.6 is 11.8 Å². The number of hydrogen-bond acceptors (Lipinski definition) is 7. The topological polar surface area (TPSA) is 94.2 Å². The van der Waals surface area contributed by atoms with Gasteiger partial charge in [0.1, 0.15) is 11.6 Å². The maximum atomic E-state index is 14.5. The number of nitrogens with zero attached hydrogens (tertiary/aromatic N) is 3. The van der Waals surface area contributed by atoms with Crippen molar-refractivity contribution >= 4 is 35.2 Å². The van der Waals surface area contributed by atoms with Crippen LogP contribution in [0, 0.1) is 23.7 Å². The first-order valence-corrected chi connectivity index (χ1v) is 19.4. The molecule has 1 spiro atoms. The highest BCUT2D eigenvalue weighted by Gasteiger charge is 2.72. The van der Waals surface area contributed by atoms with E-state index in [1.165, 1.54) is 5.56 Å². The number of anilines is 1. The van der Waals surface area contributed by atoms with Crippen molar-refractivity contribution in [2.75, 3.05) is 50.8 Å². The Morgan fingerprint density at radius 1 is 0.959 bits per heavy atom. The Kier molecular flexibility index (Phi) is 10.2. The zero-order valence-corrected chi connectivity index (χ0v) is 29.9. The Balaban J connectivity index is 1.06. The highest BCUT2D eigenvalue weighted by molar-refractivity contribution is 7.98. The second kappa shape index (κ2) is 14.6. The van der Waals surface area contributed by atoms with Crippen LogP contribution in [-0.2, 0) is 25.7 Å². The summed E-state index contributed by atoms with van der Waals surface area (Å²) in [5.41, 5.74) is 0.876. The van der Waals surface area contributed by atoms with Crippen molar-refractivity contribution < 1.29 is 19.1 Å². The van der Waals surface area contributed by atoms with E-state index in [0.717, 1.165) is 69.8 Å². The van der Waals surface area contributed by atoms with Crippen molar-refractivity contribution in [3.63, 3.8) is 0 Å². The van der Waals surface area contributed by atoms with Gasteiger partial charge in [-0.1, -0.05) is 75.2 Å². The lowest BCUT2D eigenvalue weighted by Gasteiger charge is -2.38. The van der Waals surface area contributed by atoms with Crippen LogP contribution in [0.15, 0.2) is 71.6 Å². The first kappa shape index (κ1) is 34.3. The number of amides is 3. The molecule has 4 aliphatic heterocycles. The molecule has 1 aliphatic carbocycles. The molecule has 2 aromatic carbocycles. The average Bonchev–Trinajstić information content (AvgIpc) is 3.75. The molecule has 2 N–H and O–H groups in total. The van der Waals surface area contributed by atoms with Gasteiger partial charge < -0.3 is 25.2 Å². The summed E-state index contributed by atoms with van der Waals surface area (Å²) < 4.78 is 6.61. The number of carbonyl (C=O) groups excluding carboxylic acids is 3. The van der Waals surface area contributed by atoms with Crippen molar-refractivity contribution in [2.24, 2.45) is 23.7 Å². The molecule has 6 unspecified atom stereocenters. The molecule has 7 rings (SSSR count). The van der Waals surface area contributed by atoms with E-state index in [-0.39, 0.29) is 23.8 Å². The van der Waals surface area contributed by atoms with Gasteiger partial charge in [-0.15, -0.1) is 11.8 Å². The van der Waals surface area contributed by atoms with Gasteiger partial charge in [0, 0.05) is 55.9 Å². The molecule has 49 heavy (non-hydrogen) atoms. The number of rotatable bonds is 11.